The highest BCUT2D eigenvalue weighted by Gasteiger charge is 2.31. The molecule has 3 nitrogen and oxygen atoms in total. The van der Waals surface area contributed by atoms with Gasteiger partial charge in [0.25, 0.3) is 0 Å². The SMILES string of the molecule is CC(C)(C)C1=N/C(=C\c2ccc(Cl)cc2Cl)C(=O)O1. The summed E-state index contributed by atoms with van der Waals surface area (Å²) in [5, 5.41) is 1.01. The molecule has 0 atom stereocenters. The summed E-state index contributed by atoms with van der Waals surface area (Å²) in [5.41, 5.74) is 0.612. The van der Waals surface area contributed by atoms with E-state index in [0.29, 0.717) is 21.5 Å². The fourth-order valence-electron chi connectivity index (χ4n) is 1.50. The van der Waals surface area contributed by atoms with Crippen molar-refractivity contribution in [3.8, 4) is 0 Å². The molecule has 0 unspecified atom stereocenters. The lowest BCUT2D eigenvalue weighted by atomic mass is 9.97. The maximum Gasteiger partial charge on any atom is 0.363 e. The normalized spacial score (nSPS) is 17.6. The molecule has 1 aliphatic heterocycles. The van der Waals surface area contributed by atoms with Crippen LogP contribution in [0.5, 0.6) is 0 Å². The number of rotatable bonds is 1. The third-order valence-corrected chi connectivity index (χ3v) is 3.08. The molecule has 0 amide bonds. The molecular formula is C14H13Cl2NO2. The zero-order valence-corrected chi connectivity index (χ0v) is 12.3. The minimum atomic E-state index is -0.462. The predicted octanol–water partition coefficient (Wildman–Crippen LogP) is 4.34. The number of esters is 1. The van der Waals surface area contributed by atoms with Gasteiger partial charge in [-0.25, -0.2) is 9.79 Å². The molecule has 1 aromatic carbocycles. The molecule has 0 aromatic heterocycles. The van der Waals surface area contributed by atoms with E-state index >= 15 is 0 Å². The van der Waals surface area contributed by atoms with E-state index < -0.39 is 5.97 Å². The van der Waals surface area contributed by atoms with Gasteiger partial charge in [0, 0.05) is 15.5 Å². The standard InChI is InChI=1S/C14H13Cl2NO2/c1-14(2,3)13-17-11(12(18)19-13)6-8-4-5-9(15)7-10(8)16/h4-7H,1-3H3/b11-6-. The van der Waals surface area contributed by atoms with Crippen molar-refractivity contribution in [2.45, 2.75) is 20.8 Å². The quantitative estimate of drug-likeness (QED) is 0.571. The number of carbonyl (C=O) groups excluding carboxylic acids is 1. The van der Waals surface area contributed by atoms with Crippen LogP contribution in [0.3, 0.4) is 0 Å². The summed E-state index contributed by atoms with van der Waals surface area (Å²) < 4.78 is 5.15. The van der Waals surface area contributed by atoms with Crippen LogP contribution in [0, 0.1) is 5.41 Å². The van der Waals surface area contributed by atoms with Gasteiger partial charge >= 0.3 is 5.97 Å². The maximum atomic E-state index is 11.7. The predicted molar refractivity (Wildman–Crippen MR) is 77.4 cm³/mol. The van der Waals surface area contributed by atoms with Gasteiger partial charge in [-0.15, -0.1) is 0 Å². The summed E-state index contributed by atoms with van der Waals surface area (Å²) in [6, 6.07) is 5.05. The fourth-order valence-corrected chi connectivity index (χ4v) is 1.96. The van der Waals surface area contributed by atoms with Gasteiger partial charge in [0.1, 0.15) is 0 Å². The van der Waals surface area contributed by atoms with E-state index in [0.717, 1.165) is 0 Å². The second-order valence-corrected chi connectivity index (χ2v) is 6.10. The molecular weight excluding hydrogens is 285 g/mol. The Labute approximate surface area is 121 Å². The third-order valence-electron chi connectivity index (χ3n) is 2.52. The molecule has 1 aliphatic rings. The van der Waals surface area contributed by atoms with Crippen LogP contribution >= 0.6 is 23.2 Å². The molecule has 0 radical (unpaired) electrons. The smallest absolute Gasteiger partial charge is 0.363 e. The molecule has 0 saturated carbocycles. The Bertz CT molecular complexity index is 598. The van der Waals surface area contributed by atoms with E-state index in [1.54, 1.807) is 24.3 Å². The highest BCUT2D eigenvalue weighted by atomic mass is 35.5. The molecule has 19 heavy (non-hydrogen) atoms. The first-order valence-corrected chi connectivity index (χ1v) is 6.51. The van der Waals surface area contributed by atoms with Crippen molar-refractivity contribution < 1.29 is 9.53 Å². The van der Waals surface area contributed by atoms with Crippen LogP contribution in [0.25, 0.3) is 6.08 Å². The Kier molecular flexibility index (Phi) is 3.70. The number of ether oxygens (including phenoxy) is 1. The molecule has 0 saturated heterocycles. The molecule has 0 spiro atoms. The van der Waals surface area contributed by atoms with Crippen molar-refractivity contribution in [1.82, 2.24) is 0 Å². The molecule has 0 N–H and O–H groups in total. The van der Waals surface area contributed by atoms with Crippen LogP contribution in [-0.2, 0) is 9.53 Å². The van der Waals surface area contributed by atoms with Crippen LogP contribution in [0.1, 0.15) is 26.3 Å². The minimum absolute atomic E-state index is 0.245. The summed E-state index contributed by atoms with van der Waals surface area (Å²) in [6.07, 6.45) is 1.60. The molecule has 2 rings (SSSR count). The largest absolute Gasteiger partial charge is 0.406 e. The Morgan fingerprint density at radius 3 is 2.47 bits per heavy atom. The van der Waals surface area contributed by atoms with Gasteiger partial charge in [0.15, 0.2) is 5.70 Å². The second kappa shape index (κ2) is 4.99. The highest BCUT2D eigenvalue weighted by Crippen LogP contribution is 2.28. The summed E-state index contributed by atoms with van der Waals surface area (Å²) >= 11 is 11.9. The second-order valence-electron chi connectivity index (χ2n) is 5.25. The van der Waals surface area contributed by atoms with Gasteiger partial charge in [-0.1, -0.05) is 50.0 Å². The van der Waals surface area contributed by atoms with Crippen LogP contribution in [0.2, 0.25) is 10.0 Å². The van der Waals surface area contributed by atoms with E-state index in [2.05, 4.69) is 4.99 Å². The van der Waals surface area contributed by atoms with E-state index in [-0.39, 0.29) is 11.1 Å². The summed E-state index contributed by atoms with van der Waals surface area (Å²) in [5.74, 6) is -0.0511. The van der Waals surface area contributed by atoms with Gasteiger partial charge in [-0.3, -0.25) is 0 Å². The van der Waals surface area contributed by atoms with E-state index in [4.69, 9.17) is 27.9 Å². The average molecular weight is 298 g/mol. The number of benzene rings is 1. The topological polar surface area (TPSA) is 38.7 Å². The average Bonchev–Trinajstić information content (AvgIpc) is 2.64. The first-order valence-electron chi connectivity index (χ1n) is 5.75. The van der Waals surface area contributed by atoms with E-state index in [1.165, 1.54) is 0 Å². The molecule has 0 aliphatic carbocycles. The van der Waals surface area contributed by atoms with E-state index in [1.807, 2.05) is 20.8 Å². The molecule has 1 heterocycles. The molecule has 100 valence electrons. The molecule has 1 aromatic rings. The van der Waals surface area contributed by atoms with Crippen molar-refractivity contribution >= 4 is 41.1 Å². The fraction of sp³-hybridized carbons (Fsp3) is 0.286. The van der Waals surface area contributed by atoms with Crippen molar-refractivity contribution in [1.29, 1.82) is 0 Å². The minimum Gasteiger partial charge on any atom is -0.406 e. The van der Waals surface area contributed by atoms with Crippen LogP contribution in [-0.4, -0.2) is 11.9 Å². The summed E-state index contributed by atoms with van der Waals surface area (Å²) in [4.78, 5) is 16.0. The van der Waals surface area contributed by atoms with Gasteiger partial charge < -0.3 is 4.74 Å². The number of halogens is 2. The van der Waals surface area contributed by atoms with Crippen LogP contribution < -0.4 is 0 Å². The third kappa shape index (κ3) is 3.17. The van der Waals surface area contributed by atoms with Crippen molar-refractivity contribution in [2.75, 3.05) is 0 Å². The Balaban J connectivity index is 2.39. The van der Waals surface area contributed by atoms with Crippen LogP contribution in [0.4, 0.5) is 0 Å². The molecule has 0 bridgehead atoms. The van der Waals surface area contributed by atoms with Gasteiger partial charge in [-0.05, 0) is 23.8 Å². The highest BCUT2D eigenvalue weighted by molar-refractivity contribution is 6.35. The number of carbonyl (C=O) groups is 1. The molecule has 0 fully saturated rings. The van der Waals surface area contributed by atoms with Crippen molar-refractivity contribution in [3.63, 3.8) is 0 Å². The number of cyclic esters (lactones) is 1. The van der Waals surface area contributed by atoms with Crippen LogP contribution in [0.15, 0.2) is 28.9 Å². The molecule has 5 heteroatoms. The number of hydrogen-bond donors (Lipinski definition) is 0. The zero-order valence-electron chi connectivity index (χ0n) is 10.8. The van der Waals surface area contributed by atoms with Gasteiger partial charge in [0.2, 0.25) is 5.90 Å². The Hall–Kier alpha value is -1.32. The summed E-state index contributed by atoms with van der Waals surface area (Å²) in [6.45, 7) is 5.78. The van der Waals surface area contributed by atoms with Crippen molar-refractivity contribution in [3.05, 3.63) is 39.5 Å². The Morgan fingerprint density at radius 2 is 1.95 bits per heavy atom. The Morgan fingerprint density at radius 1 is 1.26 bits per heavy atom. The van der Waals surface area contributed by atoms with Crippen molar-refractivity contribution in [2.24, 2.45) is 10.4 Å². The van der Waals surface area contributed by atoms with E-state index in [9.17, 15) is 4.79 Å². The first-order chi connectivity index (χ1) is 8.77. The lowest BCUT2D eigenvalue weighted by molar-refractivity contribution is -0.130. The summed E-state index contributed by atoms with van der Waals surface area (Å²) in [7, 11) is 0. The number of aliphatic imine (C=N–C) groups is 1. The van der Waals surface area contributed by atoms with Gasteiger partial charge in [-0.2, -0.15) is 0 Å². The maximum absolute atomic E-state index is 11.7. The zero-order chi connectivity index (χ0) is 14.2. The van der Waals surface area contributed by atoms with Gasteiger partial charge in [0.05, 0.1) is 0 Å². The number of hydrogen-bond acceptors (Lipinski definition) is 3. The number of nitrogens with zero attached hydrogens (tertiary/aromatic N) is 1. The first kappa shape index (κ1) is 14.1. The monoisotopic (exact) mass is 297 g/mol. The lowest BCUT2D eigenvalue weighted by Crippen LogP contribution is -2.21. The lowest BCUT2D eigenvalue weighted by Gasteiger charge is -2.15.